The molecule has 0 amide bonds. The first-order valence-electron chi connectivity index (χ1n) is 5.34. The molecule has 0 aliphatic rings. The van der Waals surface area contributed by atoms with Gasteiger partial charge in [0.05, 0.1) is 12.2 Å². The molecular formula is C13H10F3NO2. The van der Waals surface area contributed by atoms with Gasteiger partial charge in [-0.15, -0.1) is 0 Å². The van der Waals surface area contributed by atoms with Gasteiger partial charge >= 0.3 is 12.1 Å². The third kappa shape index (κ3) is 4.14. The van der Waals surface area contributed by atoms with Crippen LogP contribution < -0.4 is 0 Å². The fourth-order valence-corrected chi connectivity index (χ4v) is 1.32. The maximum atomic E-state index is 12.5. The molecule has 0 saturated carbocycles. The van der Waals surface area contributed by atoms with E-state index in [-0.39, 0.29) is 17.7 Å². The van der Waals surface area contributed by atoms with Crippen LogP contribution >= 0.6 is 0 Å². The number of rotatable bonds is 3. The molecule has 1 aromatic carbocycles. The van der Waals surface area contributed by atoms with Crippen LogP contribution in [0.5, 0.6) is 0 Å². The summed E-state index contributed by atoms with van der Waals surface area (Å²) in [5.41, 5.74) is -1.08. The lowest BCUT2D eigenvalue weighted by Crippen LogP contribution is -2.07. The molecule has 0 saturated heterocycles. The van der Waals surface area contributed by atoms with Gasteiger partial charge in [0.2, 0.25) is 0 Å². The zero-order valence-corrected chi connectivity index (χ0v) is 9.99. The summed E-state index contributed by atoms with van der Waals surface area (Å²) in [7, 11) is 0. The quantitative estimate of drug-likeness (QED) is 0.481. The number of ether oxygens (including phenoxy) is 1. The molecule has 0 aliphatic carbocycles. The molecule has 0 atom stereocenters. The number of esters is 1. The summed E-state index contributed by atoms with van der Waals surface area (Å²) >= 11 is 0. The molecule has 0 N–H and O–H groups in total. The molecule has 19 heavy (non-hydrogen) atoms. The summed E-state index contributed by atoms with van der Waals surface area (Å²) in [6.07, 6.45) is -3.41. The van der Waals surface area contributed by atoms with Gasteiger partial charge in [-0.2, -0.15) is 18.4 Å². The van der Waals surface area contributed by atoms with Crippen LogP contribution in [0.25, 0.3) is 6.08 Å². The lowest BCUT2D eigenvalue weighted by atomic mass is 10.1. The highest BCUT2D eigenvalue weighted by Crippen LogP contribution is 2.29. The number of hydrogen-bond acceptors (Lipinski definition) is 3. The molecular weight excluding hydrogens is 259 g/mol. The first-order chi connectivity index (χ1) is 8.88. The Kier molecular flexibility index (Phi) is 4.70. The summed E-state index contributed by atoms with van der Waals surface area (Å²) in [4.78, 5) is 11.3. The summed E-state index contributed by atoms with van der Waals surface area (Å²) in [6, 6.07) is 5.94. The van der Waals surface area contributed by atoms with Crippen molar-refractivity contribution in [1.82, 2.24) is 0 Å². The number of nitriles is 1. The molecule has 0 fully saturated rings. The minimum absolute atomic E-state index is 0.0838. The number of nitrogens with zero attached hydrogens (tertiary/aromatic N) is 1. The van der Waals surface area contributed by atoms with E-state index in [9.17, 15) is 18.0 Å². The lowest BCUT2D eigenvalue weighted by molar-refractivity contribution is -0.138. The highest BCUT2D eigenvalue weighted by atomic mass is 19.4. The van der Waals surface area contributed by atoms with E-state index >= 15 is 0 Å². The molecule has 0 spiro atoms. The standard InChI is InChI=1S/C13H10F3NO2/c1-2-19-12(18)10(8-17)6-9-4-3-5-11(7-9)13(14,15)16/h3-7H,2H2,1H3/b10-6-. The number of alkyl halides is 3. The third-order valence-electron chi connectivity index (χ3n) is 2.14. The van der Waals surface area contributed by atoms with Crippen LogP contribution in [-0.4, -0.2) is 12.6 Å². The number of carbonyl (C=O) groups is 1. The topological polar surface area (TPSA) is 50.1 Å². The Morgan fingerprint density at radius 3 is 2.68 bits per heavy atom. The van der Waals surface area contributed by atoms with Gasteiger partial charge in [0.25, 0.3) is 0 Å². The number of halogens is 3. The van der Waals surface area contributed by atoms with Crippen LogP contribution in [0.3, 0.4) is 0 Å². The largest absolute Gasteiger partial charge is 0.462 e. The highest BCUT2D eigenvalue weighted by molar-refractivity contribution is 5.97. The predicted molar refractivity (Wildman–Crippen MR) is 61.7 cm³/mol. The van der Waals surface area contributed by atoms with Crippen molar-refractivity contribution >= 4 is 12.0 Å². The molecule has 1 rings (SSSR count). The highest BCUT2D eigenvalue weighted by Gasteiger charge is 2.30. The molecule has 0 aliphatic heterocycles. The average molecular weight is 269 g/mol. The van der Waals surface area contributed by atoms with Crippen molar-refractivity contribution < 1.29 is 22.7 Å². The molecule has 0 radical (unpaired) electrons. The van der Waals surface area contributed by atoms with Crippen molar-refractivity contribution in [3.8, 4) is 6.07 Å². The van der Waals surface area contributed by atoms with Crippen molar-refractivity contribution in [3.63, 3.8) is 0 Å². The lowest BCUT2D eigenvalue weighted by Gasteiger charge is -2.07. The Morgan fingerprint density at radius 2 is 2.16 bits per heavy atom. The first-order valence-corrected chi connectivity index (χ1v) is 5.34. The van der Waals surface area contributed by atoms with Gasteiger partial charge < -0.3 is 4.74 Å². The van der Waals surface area contributed by atoms with Crippen LogP contribution in [0.15, 0.2) is 29.8 Å². The van der Waals surface area contributed by atoms with Gasteiger partial charge in [-0.1, -0.05) is 12.1 Å². The maximum absolute atomic E-state index is 12.5. The Balaban J connectivity index is 3.10. The average Bonchev–Trinajstić information content (AvgIpc) is 2.35. The van der Waals surface area contributed by atoms with Crippen molar-refractivity contribution in [1.29, 1.82) is 5.26 Å². The van der Waals surface area contributed by atoms with E-state index in [0.717, 1.165) is 18.2 Å². The summed E-state index contributed by atoms with van der Waals surface area (Å²) < 4.78 is 42.1. The van der Waals surface area contributed by atoms with E-state index in [4.69, 9.17) is 5.26 Å². The fraction of sp³-hybridized carbons (Fsp3) is 0.231. The maximum Gasteiger partial charge on any atom is 0.416 e. The molecule has 3 nitrogen and oxygen atoms in total. The Bertz CT molecular complexity index is 542. The molecule has 100 valence electrons. The van der Waals surface area contributed by atoms with Gasteiger partial charge in [-0.3, -0.25) is 0 Å². The van der Waals surface area contributed by atoms with E-state index in [0.29, 0.717) is 0 Å². The molecule has 0 unspecified atom stereocenters. The van der Waals surface area contributed by atoms with Crippen molar-refractivity contribution in [2.24, 2.45) is 0 Å². The van der Waals surface area contributed by atoms with E-state index in [2.05, 4.69) is 4.74 Å². The van der Waals surface area contributed by atoms with Gasteiger partial charge in [-0.25, -0.2) is 4.79 Å². The van der Waals surface area contributed by atoms with Crippen LogP contribution in [0.2, 0.25) is 0 Å². The normalized spacial score (nSPS) is 11.8. The van der Waals surface area contributed by atoms with E-state index in [1.807, 2.05) is 0 Å². The third-order valence-corrected chi connectivity index (χ3v) is 2.14. The number of carbonyl (C=O) groups excluding carboxylic acids is 1. The van der Waals surface area contributed by atoms with Crippen molar-refractivity contribution in [2.45, 2.75) is 13.1 Å². The van der Waals surface area contributed by atoms with Crippen LogP contribution in [0.1, 0.15) is 18.1 Å². The Hall–Kier alpha value is -2.29. The number of benzene rings is 1. The Morgan fingerprint density at radius 1 is 1.47 bits per heavy atom. The van der Waals surface area contributed by atoms with E-state index < -0.39 is 17.7 Å². The zero-order valence-electron chi connectivity index (χ0n) is 9.99. The SMILES string of the molecule is CCOC(=O)/C(C#N)=C\c1cccc(C(F)(F)F)c1. The smallest absolute Gasteiger partial charge is 0.416 e. The summed E-state index contributed by atoms with van der Waals surface area (Å²) in [5.74, 6) is -0.859. The predicted octanol–water partition coefficient (Wildman–Crippen LogP) is 3.18. The van der Waals surface area contributed by atoms with Crippen LogP contribution in [0.4, 0.5) is 13.2 Å². The van der Waals surface area contributed by atoms with Crippen molar-refractivity contribution in [2.75, 3.05) is 6.61 Å². The Labute approximate surface area is 107 Å². The molecule has 0 bridgehead atoms. The van der Waals surface area contributed by atoms with Gasteiger partial charge in [0.15, 0.2) is 0 Å². The summed E-state index contributed by atoms with van der Waals surface area (Å²) in [5, 5.41) is 8.77. The second kappa shape index (κ2) is 6.05. The minimum atomic E-state index is -4.47. The monoisotopic (exact) mass is 269 g/mol. The van der Waals surface area contributed by atoms with Crippen molar-refractivity contribution in [3.05, 3.63) is 41.0 Å². The minimum Gasteiger partial charge on any atom is -0.462 e. The second-order valence-electron chi connectivity index (χ2n) is 3.51. The van der Waals surface area contributed by atoms with Gasteiger partial charge in [-0.05, 0) is 30.7 Å². The molecule has 1 aromatic rings. The fourth-order valence-electron chi connectivity index (χ4n) is 1.32. The van der Waals surface area contributed by atoms with Gasteiger partial charge in [0.1, 0.15) is 11.6 Å². The zero-order chi connectivity index (χ0) is 14.5. The van der Waals surface area contributed by atoms with E-state index in [1.54, 1.807) is 13.0 Å². The van der Waals surface area contributed by atoms with Crippen LogP contribution in [0, 0.1) is 11.3 Å². The van der Waals surface area contributed by atoms with Crippen LogP contribution in [-0.2, 0) is 15.7 Å². The van der Waals surface area contributed by atoms with Gasteiger partial charge in [0, 0.05) is 0 Å². The van der Waals surface area contributed by atoms with E-state index in [1.165, 1.54) is 12.1 Å². The molecule has 6 heteroatoms. The second-order valence-corrected chi connectivity index (χ2v) is 3.51. The molecule has 0 aromatic heterocycles. The number of hydrogen-bond donors (Lipinski definition) is 0. The first kappa shape index (κ1) is 14.8. The molecule has 0 heterocycles. The summed E-state index contributed by atoms with van der Waals surface area (Å²) in [6.45, 7) is 1.65.